The van der Waals surface area contributed by atoms with Gasteiger partial charge in [0.15, 0.2) is 9.84 Å². The van der Waals surface area contributed by atoms with E-state index in [4.69, 9.17) is 20.2 Å². The number of imidazole rings is 1. The fourth-order valence-electron chi connectivity index (χ4n) is 5.83. The fraction of sp³-hybridized carbons (Fsp3) is 0.556. The second kappa shape index (κ2) is 10.2. The molecule has 2 aliphatic heterocycles. The number of nitrogens with zero attached hydrogens (tertiary/aromatic N) is 4. The van der Waals surface area contributed by atoms with Gasteiger partial charge < -0.3 is 20.1 Å². The number of hydrogen-bond acceptors (Lipinski definition) is 8. The summed E-state index contributed by atoms with van der Waals surface area (Å²) >= 11 is 0. The van der Waals surface area contributed by atoms with E-state index in [-0.39, 0.29) is 17.6 Å². The van der Waals surface area contributed by atoms with Gasteiger partial charge in [0.25, 0.3) is 0 Å². The summed E-state index contributed by atoms with van der Waals surface area (Å²) in [5.74, 6) is 3.72. The Bertz CT molecular complexity index is 1350. The number of nitrogen functional groups attached to an aromatic ring is 1. The third-order valence-corrected chi connectivity index (χ3v) is 9.59. The van der Waals surface area contributed by atoms with Crippen molar-refractivity contribution in [1.29, 1.82) is 0 Å². The molecular formula is C27H35N5O4S. The van der Waals surface area contributed by atoms with E-state index in [1.807, 2.05) is 30.5 Å². The molecule has 3 aromatic rings. The molecular weight excluding hydrogens is 490 g/mol. The van der Waals surface area contributed by atoms with Crippen molar-refractivity contribution < 1.29 is 17.9 Å². The lowest BCUT2D eigenvalue weighted by molar-refractivity contribution is -0.0110. The minimum absolute atomic E-state index is 0.151. The molecule has 1 aliphatic carbocycles. The molecule has 0 radical (unpaired) electrons. The number of aromatic nitrogens is 3. The molecule has 9 nitrogen and oxygen atoms in total. The molecule has 2 saturated heterocycles. The molecule has 3 aliphatic rings. The van der Waals surface area contributed by atoms with Gasteiger partial charge in [0.1, 0.15) is 35.2 Å². The minimum Gasteiger partial charge on any atom is -0.491 e. The van der Waals surface area contributed by atoms with E-state index in [2.05, 4.69) is 14.3 Å². The van der Waals surface area contributed by atoms with Crippen LogP contribution in [0.25, 0.3) is 16.8 Å². The zero-order valence-electron chi connectivity index (χ0n) is 21.1. The van der Waals surface area contributed by atoms with Gasteiger partial charge in [-0.3, -0.25) is 4.40 Å². The zero-order chi connectivity index (χ0) is 25.4. The Balaban J connectivity index is 1.18. The molecule has 1 atom stereocenters. The molecule has 6 rings (SSSR count). The van der Waals surface area contributed by atoms with Crippen molar-refractivity contribution in [2.45, 2.75) is 44.1 Å². The van der Waals surface area contributed by atoms with Crippen LogP contribution < -0.4 is 10.5 Å². The second-order valence-electron chi connectivity index (χ2n) is 10.7. The quantitative estimate of drug-likeness (QED) is 0.501. The smallest absolute Gasteiger partial charge is 0.152 e. The lowest BCUT2D eigenvalue weighted by Crippen LogP contribution is -2.44. The number of hydrogen-bond donors (Lipinski definition) is 1. The van der Waals surface area contributed by atoms with Crippen molar-refractivity contribution in [1.82, 2.24) is 19.3 Å². The topological polar surface area (TPSA) is 112 Å². The molecule has 10 heteroatoms. The Morgan fingerprint density at radius 3 is 2.78 bits per heavy atom. The predicted molar refractivity (Wildman–Crippen MR) is 142 cm³/mol. The highest BCUT2D eigenvalue weighted by atomic mass is 32.2. The summed E-state index contributed by atoms with van der Waals surface area (Å²) in [5, 5.41) is 0. The van der Waals surface area contributed by atoms with Crippen LogP contribution in [0.3, 0.4) is 0 Å². The van der Waals surface area contributed by atoms with Crippen molar-refractivity contribution in [3.05, 3.63) is 42.5 Å². The molecule has 0 amide bonds. The number of ether oxygens (including phenoxy) is 2. The largest absolute Gasteiger partial charge is 0.491 e. The van der Waals surface area contributed by atoms with Crippen LogP contribution in [0.4, 0.5) is 5.82 Å². The van der Waals surface area contributed by atoms with Crippen molar-refractivity contribution in [3.8, 4) is 17.0 Å². The number of benzene rings is 1. The summed E-state index contributed by atoms with van der Waals surface area (Å²) in [6.07, 6.45) is 9.25. The van der Waals surface area contributed by atoms with E-state index in [1.165, 1.54) is 6.42 Å². The van der Waals surface area contributed by atoms with Crippen molar-refractivity contribution in [3.63, 3.8) is 0 Å². The van der Waals surface area contributed by atoms with Gasteiger partial charge >= 0.3 is 0 Å². The summed E-state index contributed by atoms with van der Waals surface area (Å²) in [7, 11) is -2.85. The first-order valence-corrected chi connectivity index (χ1v) is 15.2. The Labute approximate surface area is 217 Å². The van der Waals surface area contributed by atoms with Gasteiger partial charge in [0, 0.05) is 50.1 Å². The number of nitrogens with two attached hydrogens (primary N) is 1. The molecule has 37 heavy (non-hydrogen) atoms. The Kier molecular flexibility index (Phi) is 6.81. The van der Waals surface area contributed by atoms with E-state index in [0.717, 1.165) is 67.2 Å². The molecule has 1 unspecified atom stereocenters. The van der Waals surface area contributed by atoms with Crippen LogP contribution >= 0.6 is 0 Å². The summed E-state index contributed by atoms with van der Waals surface area (Å²) < 4.78 is 37.5. The van der Waals surface area contributed by atoms with Gasteiger partial charge in [-0.25, -0.2) is 18.4 Å². The molecule has 198 valence electrons. The molecule has 2 aromatic heterocycles. The Morgan fingerprint density at radius 1 is 1.16 bits per heavy atom. The van der Waals surface area contributed by atoms with Gasteiger partial charge in [-0.05, 0) is 50.2 Å². The van der Waals surface area contributed by atoms with Crippen LogP contribution in [0.15, 0.2) is 36.7 Å². The van der Waals surface area contributed by atoms with E-state index in [1.54, 1.807) is 6.20 Å². The van der Waals surface area contributed by atoms with Crippen molar-refractivity contribution in [2.24, 2.45) is 5.92 Å². The van der Waals surface area contributed by atoms with Gasteiger partial charge in [0.2, 0.25) is 0 Å². The summed E-state index contributed by atoms with van der Waals surface area (Å²) in [6.45, 7) is 3.61. The minimum atomic E-state index is -2.85. The second-order valence-corrected chi connectivity index (χ2v) is 13.0. The molecule has 0 bridgehead atoms. The summed E-state index contributed by atoms with van der Waals surface area (Å²) in [6, 6.07) is 8.02. The zero-order valence-corrected chi connectivity index (χ0v) is 21.9. The maximum absolute atomic E-state index is 11.7. The number of anilines is 1. The van der Waals surface area contributed by atoms with Crippen LogP contribution in [0.5, 0.6) is 5.75 Å². The van der Waals surface area contributed by atoms with E-state index in [9.17, 15) is 8.42 Å². The predicted octanol–water partition coefficient (Wildman–Crippen LogP) is 3.15. The van der Waals surface area contributed by atoms with Crippen LogP contribution in [0.2, 0.25) is 0 Å². The third-order valence-electron chi connectivity index (χ3n) is 7.98. The molecule has 1 aromatic carbocycles. The lowest BCUT2D eigenvalue weighted by Gasteiger charge is -2.39. The monoisotopic (exact) mass is 525 g/mol. The SMILES string of the molecule is Nc1nccn2c1c(-c1cccc(OCC3CCCCO3)c1)nc2[C@H]1C[C@@H](CN2CCS(=O)(=O)CC2)C1. The lowest BCUT2D eigenvalue weighted by atomic mass is 9.74. The van der Waals surface area contributed by atoms with Gasteiger partial charge in [0.05, 0.1) is 17.6 Å². The fourth-order valence-corrected chi connectivity index (χ4v) is 7.11. The average molecular weight is 526 g/mol. The highest BCUT2D eigenvalue weighted by molar-refractivity contribution is 7.91. The molecule has 0 spiro atoms. The highest BCUT2D eigenvalue weighted by Gasteiger charge is 2.36. The maximum atomic E-state index is 11.7. The van der Waals surface area contributed by atoms with Crippen molar-refractivity contribution in [2.75, 3.05) is 50.1 Å². The van der Waals surface area contributed by atoms with Crippen LogP contribution in [0.1, 0.15) is 43.8 Å². The first-order valence-electron chi connectivity index (χ1n) is 13.4. The van der Waals surface area contributed by atoms with Gasteiger partial charge in [-0.2, -0.15) is 0 Å². The maximum Gasteiger partial charge on any atom is 0.152 e. The van der Waals surface area contributed by atoms with Crippen LogP contribution in [-0.2, 0) is 14.6 Å². The van der Waals surface area contributed by atoms with E-state index in [0.29, 0.717) is 37.4 Å². The van der Waals surface area contributed by atoms with Gasteiger partial charge in [-0.1, -0.05) is 12.1 Å². The number of rotatable bonds is 7. The average Bonchev–Trinajstić information content (AvgIpc) is 3.27. The molecule has 4 heterocycles. The van der Waals surface area contributed by atoms with Crippen LogP contribution in [0, 0.1) is 5.92 Å². The number of fused-ring (bicyclic) bond motifs is 1. The molecule has 2 N–H and O–H groups in total. The third kappa shape index (κ3) is 5.32. The Morgan fingerprint density at radius 2 is 2.00 bits per heavy atom. The highest BCUT2D eigenvalue weighted by Crippen LogP contribution is 2.43. The molecule has 1 saturated carbocycles. The van der Waals surface area contributed by atoms with E-state index < -0.39 is 9.84 Å². The standard InChI is InChI=1S/C27H35N5O4S/c28-26-25-24(20-4-3-6-22(16-20)36-18-23-5-1-2-11-35-23)30-27(32(25)8-7-29-26)21-14-19(15-21)17-31-9-12-37(33,34)13-10-31/h3-4,6-8,16,19,21,23H,1-2,5,9-15,17-18H2,(H2,28,29)/t19-,21+,23?. The number of sulfone groups is 1. The van der Waals surface area contributed by atoms with E-state index >= 15 is 0 Å². The van der Waals surface area contributed by atoms with Gasteiger partial charge in [-0.15, -0.1) is 0 Å². The summed E-state index contributed by atoms with van der Waals surface area (Å²) in [4.78, 5) is 11.7. The van der Waals surface area contributed by atoms with Crippen molar-refractivity contribution >= 4 is 21.2 Å². The first-order chi connectivity index (χ1) is 17.9. The summed E-state index contributed by atoms with van der Waals surface area (Å²) in [5.41, 5.74) is 8.97. The first kappa shape index (κ1) is 24.6. The normalized spacial score (nSPS) is 26.1. The Hall–Kier alpha value is -2.69. The molecule has 3 fully saturated rings. The van der Waals surface area contributed by atoms with Crippen LogP contribution in [-0.4, -0.2) is 78.1 Å².